The van der Waals surface area contributed by atoms with Crippen LogP contribution in [0.2, 0.25) is 5.02 Å². The van der Waals surface area contributed by atoms with Crippen molar-refractivity contribution in [1.29, 1.82) is 0 Å². The molecule has 1 atom stereocenters. The van der Waals surface area contributed by atoms with Crippen LogP contribution in [0.1, 0.15) is 6.42 Å². The minimum Gasteiger partial charge on any atom is -0.325 e. The average Bonchev–Trinajstić information content (AvgIpc) is 2.90. The van der Waals surface area contributed by atoms with E-state index < -0.39 is 11.1 Å². The van der Waals surface area contributed by atoms with E-state index in [1.807, 2.05) is 0 Å². The van der Waals surface area contributed by atoms with Gasteiger partial charge in [0.05, 0.1) is 16.7 Å². The van der Waals surface area contributed by atoms with Crippen molar-refractivity contribution in [2.75, 3.05) is 16.0 Å². The van der Waals surface area contributed by atoms with E-state index in [0.29, 0.717) is 16.4 Å². The number of nitrogens with zero attached hydrogens (tertiary/aromatic N) is 1. The molecular formula is C18H14ClFN2O3S. The Labute approximate surface area is 158 Å². The number of nitrogens with one attached hydrogen (secondary N) is 1. The van der Waals surface area contributed by atoms with Crippen LogP contribution in [0.25, 0.3) is 0 Å². The normalized spacial score (nSPS) is 16.8. The number of thioether (sulfide) groups is 1. The Morgan fingerprint density at radius 3 is 2.46 bits per heavy atom. The highest BCUT2D eigenvalue weighted by Gasteiger charge is 2.40. The quantitative estimate of drug-likeness (QED) is 0.791. The number of rotatable bonds is 5. The lowest BCUT2D eigenvalue weighted by Gasteiger charge is -2.15. The molecule has 5 nitrogen and oxygen atoms in total. The molecule has 2 aromatic rings. The molecule has 2 aromatic carbocycles. The first-order valence-corrected chi connectivity index (χ1v) is 9.16. The van der Waals surface area contributed by atoms with Crippen LogP contribution in [0, 0.1) is 5.82 Å². The lowest BCUT2D eigenvalue weighted by Crippen LogP contribution is -2.31. The fraction of sp³-hybridized carbons (Fsp3) is 0.167. The van der Waals surface area contributed by atoms with Crippen LogP contribution in [0.5, 0.6) is 0 Å². The van der Waals surface area contributed by atoms with Crippen molar-refractivity contribution in [2.24, 2.45) is 0 Å². The van der Waals surface area contributed by atoms with Crippen molar-refractivity contribution in [2.45, 2.75) is 11.7 Å². The molecule has 0 aliphatic carbocycles. The summed E-state index contributed by atoms with van der Waals surface area (Å²) in [7, 11) is 0. The summed E-state index contributed by atoms with van der Waals surface area (Å²) in [5.74, 6) is -1.37. The molecular weight excluding hydrogens is 379 g/mol. The second-order valence-electron chi connectivity index (χ2n) is 5.60. The molecule has 8 heteroatoms. The van der Waals surface area contributed by atoms with E-state index in [2.05, 4.69) is 5.32 Å². The number of carbonyl (C=O) groups is 3. The maximum atomic E-state index is 12.9. The molecule has 0 spiro atoms. The SMILES string of the molecule is O=C(CS[C@H]1CC(=O)N(c2ccc(Cl)cc2)C1=O)Nc1ccc(F)cc1. The highest BCUT2D eigenvalue weighted by molar-refractivity contribution is 8.01. The summed E-state index contributed by atoms with van der Waals surface area (Å²) >= 11 is 6.93. The highest BCUT2D eigenvalue weighted by Crippen LogP contribution is 2.30. The van der Waals surface area contributed by atoms with Gasteiger partial charge in [-0.25, -0.2) is 9.29 Å². The average molecular weight is 393 g/mol. The van der Waals surface area contributed by atoms with Gasteiger partial charge >= 0.3 is 0 Å². The van der Waals surface area contributed by atoms with Crippen molar-refractivity contribution in [1.82, 2.24) is 0 Å². The summed E-state index contributed by atoms with van der Waals surface area (Å²) in [6.45, 7) is 0. The Morgan fingerprint density at radius 2 is 1.81 bits per heavy atom. The van der Waals surface area contributed by atoms with Gasteiger partial charge in [-0.05, 0) is 48.5 Å². The largest absolute Gasteiger partial charge is 0.325 e. The van der Waals surface area contributed by atoms with Crippen LogP contribution < -0.4 is 10.2 Å². The standard InChI is InChI=1S/C18H14ClFN2O3S/c19-11-1-7-14(8-2-11)22-17(24)9-15(18(22)25)26-10-16(23)21-13-5-3-12(20)4-6-13/h1-8,15H,9-10H2,(H,21,23)/t15-/m0/s1. The van der Waals surface area contributed by atoms with Crippen LogP contribution in [-0.4, -0.2) is 28.7 Å². The Bertz CT molecular complexity index is 843. The second kappa shape index (κ2) is 7.88. The van der Waals surface area contributed by atoms with Gasteiger partial charge in [-0.3, -0.25) is 14.4 Å². The second-order valence-corrected chi connectivity index (χ2v) is 7.23. The summed E-state index contributed by atoms with van der Waals surface area (Å²) < 4.78 is 12.9. The van der Waals surface area contributed by atoms with E-state index in [1.165, 1.54) is 24.3 Å². The molecule has 0 aromatic heterocycles. The van der Waals surface area contributed by atoms with Crippen molar-refractivity contribution < 1.29 is 18.8 Å². The van der Waals surface area contributed by atoms with Crippen LogP contribution in [-0.2, 0) is 14.4 Å². The molecule has 0 radical (unpaired) electrons. The number of carbonyl (C=O) groups excluding carboxylic acids is 3. The number of amides is 3. The van der Waals surface area contributed by atoms with Crippen molar-refractivity contribution in [3.63, 3.8) is 0 Å². The molecule has 134 valence electrons. The number of hydrogen-bond acceptors (Lipinski definition) is 4. The summed E-state index contributed by atoms with van der Waals surface area (Å²) in [5, 5.41) is 2.51. The van der Waals surface area contributed by atoms with Gasteiger partial charge in [0.15, 0.2) is 0 Å². The van der Waals surface area contributed by atoms with Gasteiger partial charge in [0, 0.05) is 17.1 Å². The zero-order chi connectivity index (χ0) is 18.7. The van der Waals surface area contributed by atoms with Crippen LogP contribution in [0.3, 0.4) is 0 Å². The van der Waals surface area contributed by atoms with E-state index in [9.17, 15) is 18.8 Å². The number of hydrogen-bond donors (Lipinski definition) is 1. The maximum absolute atomic E-state index is 12.9. The maximum Gasteiger partial charge on any atom is 0.247 e. The lowest BCUT2D eigenvalue weighted by atomic mass is 10.3. The number of imide groups is 1. The minimum atomic E-state index is -0.614. The molecule has 0 bridgehead atoms. The molecule has 1 saturated heterocycles. The van der Waals surface area contributed by atoms with Gasteiger partial charge in [0.2, 0.25) is 17.7 Å². The molecule has 3 rings (SSSR count). The third kappa shape index (κ3) is 4.23. The van der Waals surface area contributed by atoms with Crippen LogP contribution in [0.15, 0.2) is 48.5 Å². The summed E-state index contributed by atoms with van der Waals surface area (Å²) in [5.41, 5.74) is 0.928. The zero-order valence-electron chi connectivity index (χ0n) is 13.4. The summed E-state index contributed by atoms with van der Waals surface area (Å²) in [6.07, 6.45) is 0.0377. The first-order chi connectivity index (χ1) is 12.4. The van der Waals surface area contributed by atoms with E-state index in [0.717, 1.165) is 16.7 Å². The molecule has 1 N–H and O–H groups in total. The Hall–Kier alpha value is -2.38. The topological polar surface area (TPSA) is 66.5 Å². The van der Waals surface area contributed by atoms with Gasteiger partial charge < -0.3 is 5.32 Å². The van der Waals surface area contributed by atoms with E-state index in [4.69, 9.17) is 11.6 Å². The fourth-order valence-electron chi connectivity index (χ4n) is 2.50. The van der Waals surface area contributed by atoms with Gasteiger partial charge in [-0.1, -0.05) is 11.6 Å². The molecule has 0 unspecified atom stereocenters. The Morgan fingerprint density at radius 1 is 1.15 bits per heavy atom. The van der Waals surface area contributed by atoms with E-state index in [-0.39, 0.29) is 29.9 Å². The zero-order valence-corrected chi connectivity index (χ0v) is 15.0. The fourth-order valence-corrected chi connectivity index (χ4v) is 3.56. The molecule has 1 aliphatic heterocycles. The number of halogens is 2. The Balaban J connectivity index is 1.57. The highest BCUT2D eigenvalue weighted by atomic mass is 35.5. The van der Waals surface area contributed by atoms with Crippen molar-refractivity contribution >= 4 is 52.5 Å². The first-order valence-electron chi connectivity index (χ1n) is 7.73. The smallest absolute Gasteiger partial charge is 0.247 e. The first kappa shape index (κ1) is 18.4. The lowest BCUT2D eigenvalue weighted by molar-refractivity contribution is -0.121. The minimum absolute atomic E-state index is 0.00945. The van der Waals surface area contributed by atoms with Gasteiger partial charge in [0.1, 0.15) is 5.82 Å². The van der Waals surface area contributed by atoms with Crippen LogP contribution in [0.4, 0.5) is 15.8 Å². The molecule has 26 heavy (non-hydrogen) atoms. The summed E-state index contributed by atoms with van der Waals surface area (Å²) in [4.78, 5) is 37.8. The van der Waals surface area contributed by atoms with Crippen molar-refractivity contribution in [3.8, 4) is 0 Å². The van der Waals surface area contributed by atoms with Crippen LogP contribution >= 0.6 is 23.4 Å². The summed E-state index contributed by atoms with van der Waals surface area (Å²) in [6, 6.07) is 11.8. The van der Waals surface area contributed by atoms with E-state index in [1.54, 1.807) is 24.3 Å². The number of anilines is 2. The number of benzene rings is 2. The predicted octanol–water partition coefficient (Wildman–Crippen LogP) is 3.48. The van der Waals surface area contributed by atoms with Gasteiger partial charge in [0.25, 0.3) is 0 Å². The Kier molecular flexibility index (Phi) is 5.58. The predicted molar refractivity (Wildman–Crippen MR) is 99.8 cm³/mol. The molecule has 1 aliphatic rings. The molecule has 0 saturated carbocycles. The van der Waals surface area contributed by atoms with Gasteiger partial charge in [-0.2, -0.15) is 0 Å². The monoisotopic (exact) mass is 392 g/mol. The van der Waals surface area contributed by atoms with Gasteiger partial charge in [-0.15, -0.1) is 11.8 Å². The molecule has 3 amide bonds. The molecule has 1 fully saturated rings. The third-order valence-electron chi connectivity index (χ3n) is 3.73. The molecule has 1 heterocycles. The third-order valence-corrected chi connectivity index (χ3v) is 5.19. The van der Waals surface area contributed by atoms with Crippen molar-refractivity contribution in [3.05, 3.63) is 59.4 Å². The van der Waals surface area contributed by atoms with E-state index >= 15 is 0 Å².